The van der Waals surface area contributed by atoms with Crippen LogP contribution in [0.5, 0.6) is 0 Å². The molecule has 0 bridgehead atoms. The Morgan fingerprint density at radius 3 is 2.57 bits per heavy atom. The van der Waals surface area contributed by atoms with E-state index < -0.39 is 0 Å². The van der Waals surface area contributed by atoms with E-state index in [1.165, 1.54) is 0 Å². The Morgan fingerprint density at radius 2 is 2.05 bits per heavy atom. The van der Waals surface area contributed by atoms with E-state index in [-0.39, 0.29) is 11.5 Å². The van der Waals surface area contributed by atoms with Gasteiger partial charge in [-0.1, -0.05) is 39.3 Å². The van der Waals surface area contributed by atoms with Crippen molar-refractivity contribution in [1.82, 2.24) is 19.9 Å². The predicted octanol–water partition coefficient (Wildman–Crippen LogP) is 4.02. The number of nitrogens with zero attached hydrogens (tertiary/aromatic N) is 3. The molecule has 0 radical (unpaired) electrons. The van der Waals surface area contributed by atoms with Crippen LogP contribution in [0.4, 0.5) is 5.82 Å². The van der Waals surface area contributed by atoms with Crippen molar-refractivity contribution in [2.24, 2.45) is 0 Å². The maximum atomic E-state index is 6.26. The van der Waals surface area contributed by atoms with Gasteiger partial charge in [0.25, 0.3) is 0 Å². The van der Waals surface area contributed by atoms with E-state index in [0.29, 0.717) is 5.15 Å². The fourth-order valence-corrected chi connectivity index (χ4v) is 2.13. The third-order valence-corrected chi connectivity index (χ3v) is 3.69. The molecule has 0 aliphatic rings. The van der Waals surface area contributed by atoms with Crippen molar-refractivity contribution in [3.05, 3.63) is 34.8 Å². The SMILES string of the molecule is CCC(Nc1nc(C(C)(C)C)nc(Cl)c1C)c1ncc[nH]1. The monoisotopic (exact) mass is 307 g/mol. The van der Waals surface area contributed by atoms with Crippen LogP contribution in [0.1, 0.15) is 57.4 Å². The molecule has 2 rings (SSSR count). The molecule has 2 aromatic heterocycles. The number of nitrogens with one attached hydrogen (secondary N) is 2. The fourth-order valence-electron chi connectivity index (χ4n) is 1.96. The van der Waals surface area contributed by atoms with Gasteiger partial charge < -0.3 is 10.3 Å². The smallest absolute Gasteiger partial charge is 0.137 e. The summed E-state index contributed by atoms with van der Waals surface area (Å²) >= 11 is 6.26. The summed E-state index contributed by atoms with van der Waals surface area (Å²) in [6, 6.07) is 0.0671. The van der Waals surface area contributed by atoms with Gasteiger partial charge >= 0.3 is 0 Å². The zero-order valence-corrected chi connectivity index (χ0v) is 13.9. The average molecular weight is 308 g/mol. The largest absolute Gasteiger partial charge is 0.360 e. The minimum atomic E-state index is -0.153. The van der Waals surface area contributed by atoms with E-state index in [4.69, 9.17) is 11.6 Å². The summed E-state index contributed by atoms with van der Waals surface area (Å²) in [4.78, 5) is 16.5. The fraction of sp³-hybridized carbons (Fsp3) is 0.533. The molecule has 6 heteroatoms. The molecule has 0 aromatic carbocycles. The lowest BCUT2D eigenvalue weighted by atomic mass is 9.95. The molecule has 21 heavy (non-hydrogen) atoms. The molecule has 2 aromatic rings. The maximum absolute atomic E-state index is 6.26. The van der Waals surface area contributed by atoms with Crippen molar-refractivity contribution in [1.29, 1.82) is 0 Å². The maximum Gasteiger partial charge on any atom is 0.137 e. The highest BCUT2D eigenvalue weighted by Crippen LogP contribution is 2.28. The van der Waals surface area contributed by atoms with Gasteiger partial charge in [0.15, 0.2) is 0 Å². The second kappa shape index (κ2) is 6.02. The summed E-state index contributed by atoms with van der Waals surface area (Å²) in [6.45, 7) is 10.2. The Bertz CT molecular complexity index is 601. The zero-order valence-electron chi connectivity index (χ0n) is 13.2. The van der Waals surface area contributed by atoms with Crippen LogP contribution in [0.15, 0.2) is 12.4 Å². The van der Waals surface area contributed by atoms with Crippen LogP contribution in [-0.4, -0.2) is 19.9 Å². The lowest BCUT2D eigenvalue weighted by molar-refractivity contribution is 0.544. The summed E-state index contributed by atoms with van der Waals surface area (Å²) in [7, 11) is 0. The van der Waals surface area contributed by atoms with Crippen LogP contribution >= 0.6 is 11.6 Å². The lowest BCUT2D eigenvalue weighted by Crippen LogP contribution is -2.20. The Hall–Kier alpha value is -1.62. The Labute approximate surface area is 130 Å². The molecule has 0 saturated carbocycles. The number of anilines is 1. The second-order valence-electron chi connectivity index (χ2n) is 6.14. The van der Waals surface area contributed by atoms with Gasteiger partial charge in [0.2, 0.25) is 0 Å². The van der Waals surface area contributed by atoms with Crippen molar-refractivity contribution in [3.8, 4) is 0 Å². The Kier molecular flexibility index (Phi) is 4.52. The highest BCUT2D eigenvalue weighted by atomic mass is 35.5. The zero-order chi connectivity index (χ0) is 15.6. The Morgan fingerprint density at radius 1 is 1.33 bits per heavy atom. The first-order valence-electron chi connectivity index (χ1n) is 7.13. The molecule has 2 heterocycles. The predicted molar refractivity (Wildman–Crippen MR) is 85.7 cm³/mol. The number of aromatic nitrogens is 4. The van der Waals surface area contributed by atoms with Crippen LogP contribution < -0.4 is 5.32 Å². The first kappa shape index (κ1) is 15.8. The number of halogens is 1. The number of imidazole rings is 1. The third-order valence-electron chi connectivity index (χ3n) is 3.33. The molecule has 0 aliphatic heterocycles. The molecule has 114 valence electrons. The molecule has 0 saturated heterocycles. The summed E-state index contributed by atoms with van der Waals surface area (Å²) in [5, 5.41) is 3.92. The van der Waals surface area contributed by atoms with Gasteiger partial charge in [-0.05, 0) is 13.3 Å². The average Bonchev–Trinajstić information content (AvgIpc) is 2.93. The van der Waals surface area contributed by atoms with Gasteiger partial charge in [-0.3, -0.25) is 0 Å². The van der Waals surface area contributed by atoms with Gasteiger partial charge in [-0.15, -0.1) is 0 Å². The quantitative estimate of drug-likeness (QED) is 0.837. The van der Waals surface area contributed by atoms with E-state index in [1.807, 2.05) is 13.1 Å². The topological polar surface area (TPSA) is 66.5 Å². The molecule has 2 N–H and O–H groups in total. The van der Waals surface area contributed by atoms with Gasteiger partial charge in [-0.2, -0.15) is 0 Å². The molecule has 0 amide bonds. The van der Waals surface area contributed by atoms with Crippen LogP contribution in [0, 0.1) is 6.92 Å². The van der Waals surface area contributed by atoms with E-state index in [1.54, 1.807) is 6.20 Å². The number of hydrogen-bond donors (Lipinski definition) is 2. The molecule has 5 nitrogen and oxygen atoms in total. The minimum Gasteiger partial charge on any atom is -0.360 e. The Balaban J connectivity index is 2.37. The lowest BCUT2D eigenvalue weighted by Gasteiger charge is -2.22. The van der Waals surface area contributed by atoms with Gasteiger partial charge in [0.1, 0.15) is 22.6 Å². The number of rotatable bonds is 4. The number of aromatic amines is 1. The first-order chi connectivity index (χ1) is 9.82. The summed E-state index contributed by atoms with van der Waals surface area (Å²) in [6.07, 6.45) is 4.46. The minimum absolute atomic E-state index is 0.0671. The van der Waals surface area contributed by atoms with Crippen LogP contribution in [0.25, 0.3) is 0 Å². The van der Waals surface area contributed by atoms with E-state index in [9.17, 15) is 0 Å². The van der Waals surface area contributed by atoms with E-state index in [0.717, 1.165) is 29.5 Å². The number of H-pyrrole nitrogens is 1. The molecular weight excluding hydrogens is 286 g/mol. The highest BCUT2D eigenvalue weighted by molar-refractivity contribution is 6.30. The van der Waals surface area contributed by atoms with Crippen molar-refractivity contribution in [2.45, 2.75) is 52.5 Å². The standard InChI is InChI=1S/C15H22ClN5/c1-6-10(13-17-7-8-18-13)19-12-9(2)11(16)20-14(21-12)15(3,4)5/h7-8,10H,6H2,1-5H3,(H,17,18)(H,19,20,21). The van der Waals surface area contributed by atoms with Crippen LogP contribution in [-0.2, 0) is 5.41 Å². The van der Waals surface area contributed by atoms with Crippen molar-refractivity contribution < 1.29 is 0 Å². The molecule has 1 atom stereocenters. The molecule has 1 unspecified atom stereocenters. The van der Waals surface area contributed by atoms with Crippen LogP contribution in [0.2, 0.25) is 5.15 Å². The summed E-state index contributed by atoms with van der Waals surface area (Å²) in [5.74, 6) is 2.39. The molecular formula is C15H22ClN5. The highest BCUT2D eigenvalue weighted by Gasteiger charge is 2.22. The third kappa shape index (κ3) is 3.53. The van der Waals surface area contributed by atoms with E-state index in [2.05, 4.69) is 52.9 Å². The summed E-state index contributed by atoms with van der Waals surface area (Å²) < 4.78 is 0. The molecule has 0 fully saturated rings. The summed E-state index contributed by atoms with van der Waals surface area (Å²) in [5.41, 5.74) is 0.704. The van der Waals surface area contributed by atoms with Gasteiger partial charge in [-0.25, -0.2) is 15.0 Å². The van der Waals surface area contributed by atoms with Crippen LogP contribution in [0.3, 0.4) is 0 Å². The van der Waals surface area contributed by atoms with Gasteiger partial charge in [0, 0.05) is 23.4 Å². The normalized spacial score (nSPS) is 13.2. The van der Waals surface area contributed by atoms with E-state index >= 15 is 0 Å². The first-order valence-corrected chi connectivity index (χ1v) is 7.51. The van der Waals surface area contributed by atoms with Crippen molar-refractivity contribution in [3.63, 3.8) is 0 Å². The number of hydrogen-bond acceptors (Lipinski definition) is 4. The van der Waals surface area contributed by atoms with Crippen molar-refractivity contribution in [2.75, 3.05) is 5.32 Å². The molecule has 0 spiro atoms. The second-order valence-corrected chi connectivity index (χ2v) is 6.50. The van der Waals surface area contributed by atoms with Crippen molar-refractivity contribution >= 4 is 17.4 Å². The van der Waals surface area contributed by atoms with Gasteiger partial charge in [0.05, 0.1) is 6.04 Å². The molecule has 0 aliphatic carbocycles.